The highest BCUT2D eigenvalue weighted by Gasteiger charge is 2.15. The zero-order chi connectivity index (χ0) is 13.8. The summed E-state index contributed by atoms with van der Waals surface area (Å²) in [5.41, 5.74) is 4.85. The summed E-state index contributed by atoms with van der Waals surface area (Å²) in [5.74, 6) is 0. The second-order valence-corrected chi connectivity index (χ2v) is 4.95. The van der Waals surface area contributed by atoms with E-state index in [1.165, 1.54) is 16.8 Å². The average Bonchev–Trinajstić information content (AvgIpc) is 2.68. The summed E-state index contributed by atoms with van der Waals surface area (Å²) in [6.45, 7) is 7.24. The maximum atomic E-state index is 4.41. The van der Waals surface area contributed by atoms with Crippen LogP contribution in [0.25, 0.3) is 0 Å². The van der Waals surface area contributed by atoms with Crippen molar-refractivity contribution in [1.29, 1.82) is 0 Å². The van der Waals surface area contributed by atoms with Gasteiger partial charge in [0, 0.05) is 37.6 Å². The number of rotatable bonds is 5. The Hall–Kier alpha value is -1.68. The predicted molar refractivity (Wildman–Crippen MR) is 77.0 cm³/mol. The van der Waals surface area contributed by atoms with Gasteiger partial charge >= 0.3 is 0 Å². The van der Waals surface area contributed by atoms with Crippen molar-refractivity contribution in [3.8, 4) is 0 Å². The van der Waals surface area contributed by atoms with Crippen molar-refractivity contribution in [2.45, 2.75) is 33.2 Å². The maximum absolute atomic E-state index is 4.41. The third kappa shape index (κ3) is 3.20. The number of aryl methyl sites for hydroxylation is 3. The van der Waals surface area contributed by atoms with Crippen molar-refractivity contribution in [1.82, 2.24) is 20.1 Å². The minimum Gasteiger partial charge on any atom is -0.310 e. The van der Waals surface area contributed by atoms with Gasteiger partial charge in [-0.1, -0.05) is 6.92 Å². The molecule has 102 valence electrons. The van der Waals surface area contributed by atoms with E-state index >= 15 is 0 Å². The fourth-order valence-corrected chi connectivity index (χ4v) is 2.44. The van der Waals surface area contributed by atoms with Crippen molar-refractivity contribution >= 4 is 0 Å². The molecule has 0 bridgehead atoms. The van der Waals surface area contributed by atoms with E-state index in [1.54, 1.807) is 0 Å². The van der Waals surface area contributed by atoms with Gasteiger partial charge in [0.1, 0.15) is 0 Å². The van der Waals surface area contributed by atoms with E-state index in [2.05, 4.69) is 41.4 Å². The Morgan fingerprint density at radius 1 is 1.37 bits per heavy atom. The zero-order valence-electron chi connectivity index (χ0n) is 12.1. The van der Waals surface area contributed by atoms with Gasteiger partial charge in [0.05, 0.1) is 5.69 Å². The molecule has 4 heteroatoms. The Morgan fingerprint density at radius 3 is 2.74 bits per heavy atom. The third-order valence-electron chi connectivity index (χ3n) is 3.42. The van der Waals surface area contributed by atoms with Crippen LogP contribution in [0.1, 0.15) is 35.5 Å². The molecule has 1 N–H and O–H groups in total. The van der Waals surface area contributed by atoms with E-state index in [4.69, 9.17) is 0 Å². The van der Waals surface area contributed by atoms with Crippen molar-refractivity contribution in [3.05, 3.63) is 47.0 Å². The molecule has 2 rings (SSSR count). The highest BCUT2D eigenvalue weighted by Crippen LogP contribution is 2.21. The van der Waals surface area contributed by atoms with Crippen molar-refractivity contribution in [2.75, 3.05) is 6.54 Å². The van der Waals surface area contributed by atoms with Crippen LogP contribution in [-0.4, -0.2) is 21.3 Å². The lowest BCUT2D eigenvalue weighted by atomic mass is 9.99. The van der Waals surface area contributed by atoms with Crippen LogP contribution in [0.4, 0.5) is 0 Å². The number of likely N-dealkylation sites (N-methyl/N-ethyl adjacent to an activating group) is 1. The van der Waals surface area contributed by atoms with E-state index in [9.17, 15) is 0 Å². The Kier molecular flexibility index (Phi) is 4.32. The molecule has 4 nitrogen and oxygen atoms in total. The summed E-state index contributed by atoms with van der Waals surface area (Å²) in [7, 11) is 2.00. The molecule has 1 atom stereocenters. The van der Waals surface area contributed by atoms with Gasteiger partial charge in [-0.25, -0.2) is 0 Å². The Bertz CT molecular complexity index is 545. The molecule has 2 aromatic heterocycles. The smallest absolute Gasteiger partial charge is 0.0596 e. The van der Waals surface area contributed by atoms with Crippen LogP contribution in [0.2, 0.25) is 0 Å². The highest BCUT2D eigenvalue weighted by atomic mass is 15.3. The van der Waals surface area contributed by atoms with Crippen LogP contribution in [0, 0.1) is 13.8 Å². The molecule has 1 unspecified atom stereocenters. The molecule has 0 radical (unpaired) electrons. The predicted octanol–water partition coefficient (Wildman–Crippen LogP) is 2.33. The number of hydrogen-bond donors (Lipinski definition) is 1. The number of hydrogen-bond acceptors (Lipinski definition) is 3. The second-order valence-electron chi connectivity index (χ2n) is 4.95. The van der Waals surface area contributed by atoms with Gasteiger partial charge in [0.15, 0.2) is 0 Å². The molecule has 0 aliphatic carbocycles. The molecule has 0 fully saturated rings. The largest absolute Gasteiger partial charge is 0.310 e. The zero-order valence-corrected chi connectivity index (χ0v) is 12.1. The molecule has 0 aliphatic heterocycles. The summed E-state index contributed by atoms with van der Waals surface area (Å²) in [4.78, 5) is 4.26. The number of nitrogens with zero attached hydrogens (tertiary/aromatic N) is 3. The first kappa shape index (κ1) is 13.7. The van der Waals surface area contributed by atoms with Crippen LogP contribution in [0.3, 0.4) is 0 Å². The quantitative estimate of drug-likeness (QED) is 0.895. The van der Waals surface area contributed by atoms with Gasteiger partial charge in [0.2, 0.25) is 0 Å². The SMILES string of the molecule is CCNC(Cc1cc(C)nn1C)c1cnccc1C. The molecule has 0 amide bonds. The molecule has 2 aromatic rings. The minimum absolute atomic E-state index is 0.286. The van der Waals surface area contributed by atoms with Gasteiger partial charge in [-0.3, -0.25) is 9.67 Å². The van der Waals surface area contributed by atoms with Crippen LogP contribution in [-0.2, 0) is 13.5 Å². The van der Waals surface area contributed by atoms with Crippen LogP contribution >= 0.6 is 0 Å². The van der Waals surface area contributed by atoms with E-state index < -0.39 is 0 Å². The summed E-state index contributed by atoms with van der Waals surface area (Å²) < 4.78 is 1.96. The number of nitrogens with one attached hydrogen (secondary N) is 1. The summed E-state index contributed by atoms with van der Waals surface area (Å²) >= 11 is 0. The number of aromatic nitrogens is 3. The van der Waals surface area contributed by atoms with Gasteiger partial charge in [-0.05, 0) is 43.7 Å². The van der Waals surface area contributed by atoms with Gasteiger partial charge in [0.25, 0.3) is 0 Å². The summed E-state index contributed by atoms with van der Waals surface area (Å²) in [6.07, 6.45) is 4.74. The average molecular weight is 258 g/mol. The second kappa shape index (κ2) is 5.97. The fraction of sp³-hybridized carbons (Fsp3) is 0.467. The fourth-order valence-electron chi connectivity index (χ4n) is 2.44. The summed E-state index contributed by atoms with van der Waals surface area (Å²) in [6, 6.07) is 4.50. The molecule has 0 spiro atoms. The van der Waals surface area contributed by atoms with E-state index in [0.29, 0.717) is 0 Å². The molecule has 0 saturated carbocycles. The molecule has 2 heterocycles. The third-order valence-corrected chi connectivity index (χ3v) is 3.42. The van der Waals surface area contributed by atoms with Crippen LogP contribution in [0.5, 0.6) is 0 Å². The Labute approximate surface area is 114 Å². The minimum atomic E-state index is 0.286. The van der Waals surface area contributed by atoms with E-state index in [0.717, 1.165) is 18.7 Å². The molecule has 0 aromatic carbocycles. The lowest BCUT2D eigenvalue weighted by molar-refractivity contribution is 0.525. The van der Waals surface area contributed by atoms with Crippen LogP contribution in [0.15, 0.2) is 24.5 Å². The topological polar surface area (TPSA) is 42.7 Å². The lowest BCUT2D eigenvalue weighted by Gasteiger charge is -2.20. The van der Waals surface area contributed by atoms with E-state index in [1.807, 2.05) is 31.0 Å². The highest BCUT2D eigenvalue weighted by molar-refractivity contribution is 5.27. The standard InChI is InChI=1S/C15H22N4/c1-5-17-15(14-10-16-7-6-11(14)2)9-13-8-12(3)18-19(13)4/h6-8,10,15,17H,5,9H2,1-4H3. The van der Waals surface area contributed by atoms with E-state index in [-0.39, 0.29) is 6.04 Å². The van der Waals surface area contributed by atoms with Crippen molar-refractivity contribution in [2.24, 2.45) is 7.05 Å². The normalized spacial score (nSPS) is 12.6. The van der Waals surface area contributed by atoms with Crippen LogP contribution < -0.4 is 5.32 Å². The number of pyridine rings is 1. The first-order valence-corrected chi connectivity index (χ1v) is 6.75. The van der Waals surface area contributed by atoms with Gasteiger partial charge in [-0.15, -0.1) is 0 Å². The Morgan fingerprint density at radius 2 is 2.16 bits per heavy atom. The molecular weight excluding hydrogens is 236 g/mol. The monoisotopic (exact) mass is 258 g/mol. The first-order valence-electron chi connectivity index (χ1n) is 6.75. The molecule has 19 heavy (non-hydrogen) atoms. The molecular formula is C15H22N4. The Balaban J connectivity index is 2.26. The van der Waals surface area contributed by atoms with Crippen molar-refractivity contribution < 1.29 is 0 Å². The molecule has 0 aliphatic rings. The van der Waals surface area contributed by atoms with Crippen molar-refractivity contribution in [3.63, 3.8) is 0 Å². The summed E-state index contributed by atoms with van der Waals surface area (Å²) in [5, 5.41) is 7.96. The first-order chi connectivity index (χ1) is 9.11. The molecule has 0 saturated heterocycles. The van der Waals surface area contributed by atoms with Gasteiger partial charge < -0.3 is 5.32 Å². The lowest BCUT2D eigenvalue weighted by Crippen LogP contribution is -2.24. The van der Waals surface area contributed by atoms with Gasteiger partial charge in [-0.2, -0.15) is 5.10 Å². The maximum Gasteiger partial charge on any atom is 0.0596 e.